The number of carbonyl (C=O) groups is 1. The van der Waals surface area contributed by atoms with E-state index >= 15 is 0 Å². The third kappa shape index (κ3) is 6.04. The predicted octanol–water partition coefficient (Wildman–Crippen LogP) is 3.85. The van der Waals surface area contributed by atoms with Crippen LogP contribution in [-0.2, 0) is 4.79 Å². The molecule has 1 aliphatic rings. The summed E-state index contributed by atoms with van der Waals surface area (Å²) in [5.41, 5.74) is 3.83. The fraction of sp³-hybridized carbons (Fsp3) is 0.233. The molecule has 1 saturated heterocycles. The molecule has 0 atom stereocenters. The van der Waals surface area contributed by atoms with Crippen molar-refractivity contribution in [2.45, 2.75) is 6.92 Å². The number of rotatable bonds is 7. The number of amides is 1. The average Bonchev–Trinajstić information content (AvgIpc) is 2.97. The van der Waals surface area contributed by atoms with Crippen molar-refractivity contribution < 1.29 is 19.4 Å². The minimum atomic E-state index is -0.483. The SMILES string of the molecule is COc1ccc(N2CCN(C(=O)COc3cccc(-c4cc(-c5ccc(O)c(C)c5)nc(=O)[nH]4)c3)CC2)cc1. The van der Waals surface area contributed by atoms with Gasteiger partial charge in [0.1, 0.15) is 17.2 Å². The Hall–Kier alpha value is -4.79. The minimum Gasteiger partial charge on any atom is -0.508 e. The molecule has 200 valence electrons. The molecule has 0 bridgehead atoms. The molecule has 5 rings (SSSR count). The van der Waals surface area contributed by atoms with Crippen LogP contribution >= 0.6 is 0 Å². The molecule has 0 saturated carbocycles. The number of aromatic amines is 1. The predicted molar refractivity (Wildman–Crippen MR) is 149 cm³/mol. The number of anilines is 1. The van der Waals surface area contributed by atoms with Gasteiger partial charge in [0.05, 0.1) is 18.5 Å². The van der Waals surface area contributed by atoms with E-state index in [0.29, 0.717) is 35.8 Å². The summed E-state index contributed by atoms with van der Waals surface area (Å²) in [5.74, 6) is 1.45. The van der Waals surface area contributed by atoms with Crippen LogP contribution in [0.5, 0.6) is 17.2 Å². The van der Waals surface area contributed by atoms with Gasteiger partial charge in [0.2, 0.25) is 0 Å². The van der Waals surface area contributed by atoms with Gasteiger partial charge in [-0.3, -0.25) is 4.79 Å². The molecule has 9 heteroatoms. The quantitative estimate of drug-likeness (QED) is 0.377. The number of ether oxygens (including phenoxy) is 2. The monoisotopic (exact) mass is 526 g/mol. The maximum Gasteiger partial charge on any atom is 0.345 e. The van der Waals surface area contributed by atoms with E-state index in [1.807, 2.05) is 41.3 Å². The molecule has 9 nitrogen and oxygen atoms in total. The van der Waals surface area contributed by atoms with Crippen LogP contribution in [-0.4, -0.2) is 65.8 Å². The number of piperazine rings is 1. The zero-order chi connectivity index (χ0) is 27.4. The Morgan fingerprint density at radius 3 is 2.44 bits per heavy atom. The number of carbonyl (C=O) groups excluding carboxylic acids is 1. The van der Waals surface area contributed by atoms with Crippen LogP contribution in [0.15, 0.2) is 77.6 Å². The van der Waals surface area contributed by atoms with E-state index in [1.165, 1.54) is 0 Å². The van der Waals surface area contributed by atoms with Crippen molar-refractivity contribution >= 4 is 11.6 Å². The van der Waals surface area contributed by atoms with Crippen LogP contribution in [0.3, 0.4) is 0 Å². The van der Waals surface area contributed by atoms with Gasteiger partial charge in [-0.05, 0) is 73.2 Å². The van der Waals surface area contributed by atoms with Gasteiger partial charge in [0, 0.05) is 43.0 Å². The standard InChI is InChI=1S/C30H30N4O5/c1-20-16-22(6-11-28(20)35)27-18-26(31-30(37)32-27)21-4-3-5-25(17-21)39-19-29(36)34-14-12-33(13-15-34)23-7-9-24(38-2)10-8-23/h3-11,16-18,35H,12-15,19H2,1-2H3,(H,31,32,37). The normalized spacial score (nSPS) is 13.3. The number of H-pyrrole nitrogens is 1. The number of nitrogens with zero attached hydrogens (tertiary/aromatic N) is 3. The molecule has 0 spiro atoms. The van der Waals surface area contributed by atoms with E-state index < -0.39 is 5.69 Å². The molecule has 2 N–H and O–H groups in total. The van der Waals surface area contributed by atoms with Crippen LogP contribution in [0.1, 0.15) is 5.56 Å². The smallest absolute Gasteiger partial charge is 0.345 e. The molecule has 0 radical (unpaired) electrons. The van der Waals surface area contributed by atoms with E-state index in [2.05, 4.69) is 14.9 Å². The minimum absolute atomic E-state index is 0.0721. The highest BCUT2D eigenvalue weighted by Crippen LogP contribution is 2.27. The van der Waals surface area contributed by atoms with Crippen molar-refractivity contribution in [3.63, 3.8) is 0 Å². The largest absolute Gasteiger partial charge is 0.508 e. The van der Waals surface area contributed by atoms with Crippen LogP contribution in [0.2, 0.25) is 0 Å². The van der Waals surface area contributed by atoms with Crippen molar-refractivity contribution in [1.82, 2.24) is 14.9 Å². The Morgan fingerprint density at radius 2 is 1.72 bits per heavy atom. The number of aromatic hydroxyl groups is 1. The maximum absolute atomic E-state index is 12.8. The summed E-state index contributed by atoms with van der Waals surface area (Å²) >= 11 is 0. The van der Waals surface area contributed by atoms with Gasteiger partial charge in [-0.2, -0.15) is 4.98 Å². The Kier molecular flexibility index (Phi) is 7.49. The lowest BCUT2D eigenvalue weighted by Crippen LogP contribution is -2.50. The Morgan fingerprint density at radius 1 is 0.949 bits per heavy atom. The number of aromatic nitrogens is 2. The highest BCUT2D eigenvalue weighted by Gasteiger charge is 2.22. The van der Waals surface area contributed by atoms with Crippen molar-refractivity contribution in [3.05, 3.63) is 88.8 Å². The van der Waals surface area contributed by atoms with E-state index in [9.17, 15) is 14.7 Å². The number of phenols is 1. The number of phenolic OH excluding ortho intramolecular Hbond substituents is 1. The molecule has 4 aromatic rings. The second-order valence-electron chi connectivity index (χ2n) is 9.37. The van der Waals surface area contributed by atoms with Gasteiger partial charge >= 0.3 is 5.69 Å². The van der Waals surface area contributed by atoms with Crippen molar-refractivity contribution in [2.24, 2.45) is 0 Å². The Labute approximate surface area is 226 Å². The van der Waals surface area contributed by atoms with E-state index in [0.717, 1.165) is 35.7 Å². The average molecular weight is 527 g/mol. The number of benzene rings is 3. The number of hydrogen-bond donors (Lipinski definition) is 2. The number of hydrogen-bond acceptors (Lipinski definition) is 7. The van der Waals surface area contributed by atoms with Gasteiger partial charge < -0.3 is 29.4 Å². The molecule has 39 heavy (non-hydrogen) atoms. The fourth-order valence-electron chi connectivity index (χ4n) is 4.57. The zero-order valence-electron chi connectivity index (χ0n) is 21.9. The summed E-state index contributed by atoms with van der Waals surface area (Å²) in [4.78, 5) is 36.1. The van der Waals surface area contributed by atoms with Crippen LogP contribution in [0.25, 0.3) is 22.5 Å². The molecule has 0 aliphatic carbocycles. The molecule has 2 heterocycles. The first-order valence-electron chi connectivity index (χ1n) is 12.7. The molecule has 1 amide bonds. The summed E-state index contributed by atoms with van der Waals surface area (Å²) in [6, 6.07) is 22.0. The highest BCUT2D eigenvalue weighted by atomic mass is 16.5. The summed E-state index contributed by atoms with van der Waals surface area (Å²) < 4.78 is 11.1. The second kappa shape index (κ2) is 11.3. The first-order valence-corrected chi connectivity index (χ1v) is 12.7. The van der Waals surface area contributed by atoms with E-state index in [4.69, 9.17) is 9.47 Å². The summed E-state index contributed by atoms with van der Waals surface area (Å²) in [6.45, 7) is 4.43. The third-order valence-corrected chi connectivity index (χ3v) is 6.81. The lowest BCUT2D eigenvalue weighted by molar-refractivity contribution is -0.133. The first-order chi connectivity index (χ1) is 18.9. The summed E-state index contributed by atoms with van der Waals surface area (Å²) in [6.07, 6.45) is 0. The summed E-state index contributed by atoms with van der Waals surface area (Å²) in [5, 5.41) is 9.82. The van der Waals surface area contributed by atoms with E-state index in [-0.39, 0.29) is 18.3 Å². The van der Waals surface area contributed by atoms with Crippen LogP contribution in [0, 0.1) is 6.92 Å². The van der Waals surface area contributed by atoms with Crippen LogP contribution < -0.4 is 20.1 Å². The molecular weight excluding hydrogens is 496 g/mol. The zero-order valence-corrected chi connectivity index (χ0v) is 21.9. The number of nitrogens with one attached hydrogen (secondary N) is 1. The van der Waals surface area contributed by atoms with Gasteiger partial charge in [-0.15, -0.1) is 0 Å². The van der Waals surface area contributed by atoms with Gasteiger partial charge in [0.15, 0.2) is 6.61 Å². The maximum atomic E-state index is 12.8. The lowest BCUT2D eigenvalue weighted by Gasteiger charge is -2.36. The molecule has 1 fully saturated rings. The van der Waals surface area contributed by atoms with Crippen molar-refractivity contribution in [3.8, 4) is 39.8 Å². The van der Waals surface area contributed by atoms with Crippen molar-refractivity contribution in [2.75, 3.05) is 44.8 Å². The topological polar surface area (TPSA) is 108 Å². The van der Waals surface area contributed by atoms with Crippen molar-refractivity contribution in [1.29, 1.82) is 0 Å². The number of aryl methyl sites for hydroxylation is 1. The van der Waals surface area contributed by atoms with Crippen LogP contribution in [0.4, 0.5) is 5.69 Å². The second-order valence-corrected chi connectivity index (χ2v) is 9.37. The molecule has 3 aromatic carbocycles. The lowest BCUT2D eigenvalue weighted by atomic mass is 10.1. The third-order valence-electron chi connectivity index (χ3n) is 6.81. The van der Waals surface area contributed by atoms with Gasteiger partial charge in [-0.25, -0.2) is 4.79 Å². The Bertz CT molecular complexity index is 1530. The Balaban J connectivity index is 1.21. The highest BCUT2D eigenvalue weighted by molar-refractivity contribution is 5.78. The van der Waals surface area contributed by atoms with Gasteiger partial charge in [0.25, 0.3) is 5.91 Å². The number of methoxy groups -OCH3 is 1. The first kappa shape index (κ1) is 25.8. The molecular formula is C30H30N4O5. The molecule has 0 unspecified atom stereocenters. The molecule has 1 aliphatic heterocycles. The van der Waals surface area contributed by atoms with Gasteiger partial charge in [-0.1, -0.05) is 12.1 Å². The molecule has 1 aromatic heterocycles. The fourth-order valence-corrected chi connectivity index (χ4v) is 4.57. The van der Waals surface area contributed by atoms with E-state index in [1.54, 1.807) is 50.4 Å². The summed E-state index contributed by atoms with van der Waals surface area (Å²) in [7, 11) is 1.65.